The van der Waals surface area contributed by atoms with Crippen molar-refractivity contribution < 1.29 is 14.7 Å². The van der Waals surface area contributed by atoms with E-state index in [1.807, 2.05) is 25.1 Å². The van der Waals surface area contributed by atoms with E-state index in [4.69, 9.17) is 5.11 Å². The number of rotatable bonds is 7. The van der Waals surface area contributed by atoms with E-state index in [9.17, 15) is 9.59 Å². The number of carboxylic acids is 1. The first-order valence-electron chi connectivity index (χ1n) is 6.50. The highest BCUT2D eigenvalue weighted by molar-refractivity contribution is 9.10. The number of hydrogen-bond donors (Lipinski definition) is 3. The van der Waals surface area contributed by atoms with Crippen LogP contribution in [0.1, 0.15) is 26.7 Å². The van der Waals surface area contributed by atoms with Crippen molar-refractivity contribution in [2.24, 2.45) is 0 Å². The minimum atomic E-state index is -0.938. The van der Waals surface area contributed by atoms with Crippen LogP contribution in [0.5, 0.6) is 0 Å². The van der Waals surface area contributed by atoms with Crippen LogP contribution in [-0.4, -0.2) is 29.1 Å². The maximum atomic E-state index is 12.0. The third kappa shape index (κ3) is 4.94. The molecular formula is C14H19BrN2O3. The molecule has 0 bridgehead atoms. The molecule has 0 aliphatic carbocycles. The summed E-state index contributed by atoms with van der Waals surface area (Å²) in [5.74, 6) is -1.20. The van der Waals surface area contributed by atoms with E-state index >= 15 is 0 Å². The number of carbonyl (C=O) groups excluding carboxylic acids is 1. The van der Waals surface area contributed by atoms with Crippen LogP contribution in [0.25, 0.3) is 0 Å². The number of halogens is 1. The van der Waals surface area contributed by atoms with Gasteiger partial charge < -0.3 is 10.4 Å². The van der Waals surface area contributed by atoms with Gasteiger partial charge in [-0.1, -0.05) is 25.5 Å². The quantitative estimate of drug-likeness (QED) is 0.711. The number of nitrogens with one attached hydrogen (secondary N) is 2. The summed E-state index contributed by atoms with van der Waals surface area (Å²) >= 11 is 3.34. The highest BCUT2D eigenvalue weighted by Gasteiger charge is 2.22. The van der Waals surface area contributed by atoms with Gasteiger partial charge in [-0.3, -0.25) is 14.9 Å². The average Bonchev–Trinajstić information content (AvgIpc) is 2.40. The average molecular weight is 343 g/mol. The minimum Gasteiger partial charge on any atom is -0.480 e. The monoisotopic (exact) mass is 342 g/mol. The lowest BCUT2D eigenvalue weighted by atomic mass is 10.1. The Morgan fingerprint density at radius 3 is 2.55 bits per heavy atom. The van der Waals surface area contributed by atoms with E-state index < -0.39 is 18.1 Å². The second-order valence-electron chi connectivity index (χ2n) is 4.54. The van der Waals surface area contributed by atoms with Crippen molar-refractivity contribution in [2.75, 3.05) is 5.32 Å². The van der Waals surface area contributed by atoms with Crippen LogP contribution in [0.2, 0.25) is 0 Å². The van der Waals surface area contributed by atoms with Crippen molar-refractivity contribution in [1.29, 1.82) is 0 Å². The molecule has 110 valence electrons. The first-order chi connectivity index (χ1) is 9.45. The van der Waals surface area contributed by atoms with Crippen LogP contribution >= 0.6 is 15.9 Å². The molecule has 1 aromatic rings. The summed E-state index contributed by atoms with van der Waals surface area (Å²) in [7, 11) is 0. The lowest BCUT2D eigenvalue weighted by Crippen LogP contribution is -2.47. The van der Waals surface area contributed by atoms with Crippen LogP contribution in [0.4, 0.5) is 5.69 Å². The molecule has 20 heavy (non-hydrogen) atoms. The second kappa shape index (κ2) is 8.01. The fourth-order valence-electron chi connectivity index (χ4n) is 1.75. The van der Waals surface area contributed by atoms with Crippen molar-refractivity contribution in [3.05, 3.63) is 28.7 Å². The molecule has 1 amide bonds. The third-order valence-corrected chi connectivity index (χ3v) is 3.54. The summed E-state index contributed by atoms with van der Waals surface area (Å²) in [5, 5.41) is 14.7. The predicted molar refractivity (Wildman–Crippen MR) is 81.7 cm³/mol. The van der Waals surface area contributed by atoms with Crippen molar-refractivity contribution in [1.82, 2.24) is 5.32 Å². The van der Waals surface area contributed by atoms with Crippen LogP contribution in [-0.2, 0) is 9.59 Å². The van der Waals surface area contributed by atoms with Crippen molar-refractivity contribution in [2.45, 2.75) is 38.8 Å². The largest absolute Gasteiger partial charge is 0.480 e. The molecule has 5 nitrogen and oxygen atoms in total. The number of anilines is 1. The Labute approximate surface area is 126 Å². The smallest absolute Gasteiger partial charge is 0.320 e. The highest BCUT2D eigenvalue weighted by Crippen LogP contribution is 2.21. The normalized spacial score (nSPS) is 13.6. The Kier molecular flexibility index (Phi) is 6.67. The number of benzene rings is 1. The van der Waals surface area contributed by atoms with Gasteiger partial charge in [0.1, 0.15) is 6.04 Å². The molecule has 3 N–H and O–H groups in total. The molecule has 0 spiro atoms. The SMILES string of the molecule is CCCC(NC(C)C(=O)Nc1ccccc1Br)C(=O)O. The molecule has 1 rings (SSSR count). The van der Waals surface area contributed by atoms with Gasteiger partial charge in [-0.05, 0) is 41.4 Å². The molecule has 0 fully saturated rings. The molecule has 0 saturated carbocycles. The van der Waals surface area contributed by atoms with E-state index in [-0.39, 0.29) is 5.91 Å². The second-order valence-corrected chi connectivity index (χ2v) is 5.39. The van der Waals surface area contributed by atoms with Gasteiger partial charge in [0, 0.05) is 4.47 Å². The summed E-state index contributed by atoms with van der Waals surface area (Å²) in [6.45, 7) is 3.56. The predicted octanol–water partition coefficient (Wildman–Crippen LogP) is 2.62. The van der Waals surface area contributed by atoms with Gasteiger partial charge in [-0.15, -0.1) is 0 Å². The Hall–Kier alpha value is -1.40. The summed E-state index contributed by atoms with van der Waals surface area (Å²) in [6.07, 6.45) is 1.23. The first-order valence-corrected chi connectivity index (χ1v) is 7.29. The third-order valence-electron chi connectivity index (χ3n) is 2.85. The lowest BCUT2D eigenvalue weighted by molar-refractivity contribution is -0.140. The van der Waals surface area contributed by atoms with Gasteiger partial charge in [0.05, 0.1) is 11.7 Å². The zero-order chi connectivity index (χ0) is 15.1. The molecule has 0 aliphatic rings. The Morgan fingerprint density at radius 2 is 2.00 bits per heavy atom. The van der Waals surface area contributed by atoms with E-state index in [2.05, 4.69) is 26.6 Å². The minimum absolute atomic E-state index is 0.265. The zero-order valence-electron chi connectivity index (χ0n) is 11.5. The number of carbonyl (C=O) groups is 2. The van der Waals surface area contributed by atoms with E-state index in [0.29, 0.717) is 12.1 Å². The number of amides is 1. The first kappa shape index (κ1) is 16.7. The standard InChI is InChI=1S/C14H19BrN2O3/c1-3-6-12(14(19)20)16-9(2)13(18)17-11-8-5-4-7-10(11)15/h4-5,7-9,12,16H,3,6H2,1-2H3,(H,17,18)(H,19,20). The fourth-order valence-corrected chi connectivity index (χ4v) is 2.13. The molecule has 2 unspecified atom stereocenters. The number of carboxylic acid groups (broad SMARTS) is 1. The van der Waals surface area contributed by atoms with Gasteiger partial charge in [0.15, 0.2) is 0 Å². The number of hydrogen-bond acceptors (Lipinski definition) is 3. The van der Waals surface area contributed by atoms with E-state index in [1.54, 1.807) is 13.0 Å². The number of aliphatic carboxylic acids is 1. The summed E-state index contributed by atoms with van der Waals surface area (Å²) in [4.78, 5) is 23.1. The topological polar surface area (TPSA) is 78.4 Å². The highest BCUT2D eigenvalue weighted by atomic mass is 79.9. The molecule has 6 heteroatoms. The van der Waals surface area contributed by atoms with Gasteiger partial charge >= 0.3 is 5.97 Å². The van der Waals surface area contributed by atoms with Gasteiger partial charge in [0.2, 0.25) is 5.91 Å². The Morgan fingerprint density at radius 1 is 1.35 bits per heavy atom. The molecule has 0 radical (unpaired) electrons. The fraction of sp³-hybridized carbons (Fsp3) is 0.429. The molecule has 0 aromatic heterocycles. The summed E-state index contributed by atoms with van der Waals surface area (Å²) in [6, 6.07) is 5.97. The van der Waals surface area contributed by atoms with Crippen LogP contribution in [0, 0.1) is 0 Å². The molecule has 2 atom stereocenters. The molecule has 0 heterocycles. The van der Waals surface area contributed by atoms with Crippen molar-refractivity contribution in [3.8, 4) is 0 Å². The number of para-hydroxylation sites is 1. The van der Waals surface area contributed by atoms with Gasteiger partial charge in [-0.2, -0.15) is 0 Å². The Bertz CT molecular complexity index is 479. The maximum absolute atomic E-state index is 12.0. The van der Waals surface area contributed by atoms with Gasteiger partial charge in [0.25, 0.3) is 0 Å². The zero-order valence-corrected chi connectivity index (χ0v) is 13.1. The van der Waals surface area contributed by atoms with E-state index in [0.717, 1.165) is 10.9 Å². The maximum Gasteiger partial charge on any atom is 0.320 e. The van der Waals surface area contributed by atoms with Crippen molar-refractivity contribution in [3.63, 3.8) is 0 Å². The van der Waals surface area contributed by atoms with Crippen molar-refractivity contribution >= 4 is 33.5 Å². The summed E-state index contributed by atoms with van der Waals surface area (Å²) in [5.41, 5.74) is 0.661. The summed E-state index contributed by atoms with van der Waals surface area (Å²) < 4.78 is 0.781. The van der Waals surface area contributed by atoms with Crippen LogP contribution in [0.15, 0.2) is 28.7 Å². The van der Waals surface area contributed by atoms with Crippen LogP contribution < -0.4 is 10.6 Å². The van der Waals surface area contributed by atoms with Gasteiger partial charge in [-0.25, -0.2) is 0 Å². The molecular weight excluding hydrogens is 324 g/mol. The Balaban J connectivity index is 2.63. The molecule has 1 aromatic carbocycles. The van der Waals surface area contributed by atoms with E-state index in [1.165, 1.54) is 0 Å². The molecule has 0 saturated heterocycles. The molecule has 0 aliphatic heterocycles. The lowest BCUT2D eigenvalue weighted by Gasteiger charge is -2.19. The van der Waals surface area contributed by atoms with Crippen LogP contribution in [0.3, 0.4) is 0 Å².